The largest absolute Gasteiger partial charge is 0.365 e. The monoisotopic (exact) mass is 334 g/mol. The molecule has 1 saturated heterocycles. The summed E-state index contributed by atoms with van der Waals surface area (Å²) in [5.41, 5.74) is 4.05. The molecule has 1 aliphatic heterocycles. The molecule has 4 rings (SSSR count). The standard InChI is InChI=1S/C20H22N4O/c1-14-19(15(2)22-21-14)23-9-11-24(12-10-23)20(25)18-8-7-16-5-3-4-6-17(16)13-18/h3-8,13H,9-12H2,1-2H3,(H,21,22). The van der Waals surface area contributed by atoms with Gasteiger partial charge < -0.3 is 9.80 Å². The van der Waals surface area contributed by atoms with Crippen LogP contribution in [-0.2, 0) is 0 Å². The van der Waals surface area contributed by atoms with E-state index in [4.69, 9.17) is 0 Å². The van der Waals surface area contributed by atoms with Gasteiger partial charge in [-0.1, -0.05) is 30.3 Å². The van der Waals surface area contributed by atoms with Crippen LogP contribution in [0.15, 0.2) is 42.5 Å². The van der Waals surface area contributed by atoms with Crippen molar-refractivity contribution in [2.45, 2.75) is 13.8 Å². The van der Waals surface area contributed by atoms with E-state index in [0.29, 0.717) is 0 Å². The number of aromatic nitrogens is 2. The lowest BCUT2D eigenvalue weighted by Gasteiger charge is -2.36. The number of rotatable bonds is 2. The molecular weight excluding hydrogens is 312 g/mol. The molecular formula is C20H22N4O. The van der Waals surface area contributed by atoms with Gasteiger partial charge >= 0.3 is 0 Å². The molecule has 128 valence electrons. The highest BCUT2D eigenvalue weighted by molar-refractivity contribution is 5.98. The number of nitrogens with one attached hydrogen (secondary N) is 1. The van der Waals surface area contributed by atoms with Gasteiger partial charge in [0.25, 0.3) is 5.91 Å². The molecule has 25 heavy (non-hydrogen) atoms. The number of fused-ring (bicyclic) bond motifs is 1. The summed E-state index contributed by atoms with van der Waals surface area (Å²) in [4.78, 5) is 17.1. The summed E-state index contributed by atoms with van der Waals surface area (Å²) >= 11 is 0. The molecule has 3 aromatic rings. The van der Waals surface area contributed by atoms with Gasteiger partial charge in [0.15, 0.2) is 0 Å². The number of H-pyrrole nitrogens is 1. The van der Waals surface area contributed by atoms with Crippen molar-refractivity contribution in [1.82, 2.24) is 15.1 Å². The normalized spacial score (nSPS) is 15.0. The Morgan fingerprint density at radius 1 is 1.00 bits per heavy atom. The van der Waals surface area contributed by atoms with Crippen molar-refractivity contribution in [1.29, 1.82) is 0 Å². The number of carbonyl (C=O) groups excluding carboxylic acids is 1. The fraction of sp³-hybridized carbons (Fsp3) is 0.300. The van der Waals surface area contributed by atoms with Gasteiger partial charge in [0.05, 0.1) is 17.1 Å². The minimum atomic E-state index is 0.117. The molecule has 1 aromatic heterocycles. The summed E-state index contributed by atoms with van der Waals surface area (Å²) in [6, 6.07) is 14.1. The molecule has 2 aromatic carbocycles. The van der Waals surface area contributed by atoms with Gasteiger partial charge in [-0.2, -0.15) is 5.10 Å². The van der Waals surface area contributed by atoms with Gasteiger partial charge in [0.2, 0.25) is 0 Å². The van der Waals surface area contributed by atoms with Gasteiger partial charge in [0, 0.05) is 31.7 Å². The summed E-state index contributed by atoms with van der Waals surface area (Å²) in [6.45, 7) is 7.19. The quantitative estimate of drug-likeness (QED) is 0.783. The first-order valence-electron chi connectivity index (χ1n) is 8.68. The number of benzene rings is 2. The van der Waals surface area contributed by atoms with E-state index in [9.17, 15) is 4.79 Å². The lowest BCUT2D eigenvalue weighted by molar-refractivity contribution is 0.0747. The summed E-state index contributed by atoms with van der Waals surface area (Å²) in [5, 5.41) is 9.58. The number of carbonyl (C=O) groups is 1. The molecule has 5 heteroatoms. The highest BCUT2D eigenvalue weighted by atomic mass is 16.2. The molecule has 0 saturated carbocycles. The van der Waals surface area contributed by atoms with Crippen molar-refractivity contribution < 1.29 is 4.79 Å². The zero-order valence-electron chi connectivity index (χ0n) is 14.6. The fourth-order valence-corrected chi connectivity index (χ4v) is 3.65. The molecule has 1 N–H and O–H groups in total. The van der Waals surface area contributed by atoms with Crippen LogP contribution in [0.25, 0.3) is 10.8 Å². The van der Waals surface area contributed by atoms with Crippen molar-refractivity contribution in [2.24, 2.45) is 0 Å². The Morgan fingerprint density at radius 2 is 1.72 bits per heavy atom. The second-order valence-electron chi connectivity index (χ2n) is 6.62. The van der Waals surface area contributed by atoms with E-state index in [1.165, 1.54) is 5.69 Å². The van der Waals surface area contributed by atoms with Gasteiger partial charge in [-0.05, 0) is 36.8 Å². The molecule has 1 fully saturated rings. The van der Waals surface area contributed by atoms with Crippen molar-refractivity contribution >= 4 is 22.4 Å². The molecule has 1 amide bonds. The smallest absolute Gasteiger partial charge is 0.253 e. The molecule has 5 nitrogen and oxygen atoms in total. The molecule has 0 spiro atoms. The zero-order chi connectivity index (χ0) is 17.4. The number of amides is 1. The third-order valence-corrected chi connectivity index (χ3v) is 4.97. The maximum atomic E-state index is 12.9. The third-order valence-electron chi connectivity index (χ3n) is 4.97. The van der Waals surface area contributed by atoms with Gasteiger partial charge in [-0.3, -0.25) is 9.89 Å². The Kier molecular flexibility index (Phi) is 3.92. The molecule has 0 unspecified atom stereocenters. The van der Waals surface area contributed by atoms with Gasteiger partial charge in [-0.15, -0.1) is 0 Å². The number of piperazine rings is 1. The van der Waals surface area contributed by atoms with Crippen molar-refractivity contribution in [3.63, 3.8) is 0 Å². The molecule has 0 atom stereocenters. The van der Waals surface area contributed by atoms with Crippen LogP contribution in [0.4, 0.5) is 5.69 Å². The SMILES string of the molecule is Cc1n[nH]c(C)c1N1CCN(C(=O)c2ccc3ccccc3c2)CC1. The van der Waals surface area contributed by atoms with E-state index >= 15 is 0 Å². The molecule has 2 heterocycles. The average molecular weight is 334 g/mol. The number of aromatic amines is 1. The van der Waals surface area contributed by atoms with Crippen LogP contribution in [0.1, 0.15) is 21.7 Å². The van der Waals surface area contributed by atoms with Crippen molar-refractivity contribution in [2.75, 3.05) is 31.1 Å². The highest BCUT2D eigenvalue weighted by Crippen LogP contribution is 2.24. The number of aryl methyl sites for hydroxylation is 2. The van der Waals surface area contributed by atoms with E-state index in [1.807, 2.05) is 49.1 Å². The fourth-order valence-electron chi connectivity index (χ4n) is 3.65. The van der Waals surface area contributed by atoms with Crippen LogP contribution in [0.3, 0.4) is 0 Å². The Labute approximate surface area is 147 Å². The second-order valence-corrected chi connectivity index (χ2v) is 6.62. The first kappa shape index (κ1) is 15.7. The summed E-state index contributed by atoms with van der Waals surface area (Å²) < 4.78 is 0. The molecule has 0 bridgehead atoms. The van der Waals surface area contributed by atoms with E-state index in [2.05, 4.69) is 27.2 Å². The molecule has 1 aliphatic rings. The maximum Gasteiger partial charge on any atom is 0.253 e. The minimum absolute atomic E-state index is 0.117. The topological polar surface area (TPSA) is 52.2 Å². The average Bonchev–Trinajstić information content (AvgIpc) is 2.99. The van der Waals surface area contributed by atoms with E-state index < -0.39 is 0 Å². The van der Waals surface area contributed by atoms with E-state index in [0.717, 1.165) is 53.9 Å². The number of hydrogen-bond acceptors (Lipinski definition) is 3. The predicted molar refractivity (Wildman–Crippen MR) is 100 cm³/mol. The van der Waals surface area contributed by atoms with Crippen LogP contribution >= 0.6 is 0 Å². The first-order chi connectivity index (χ1) is 12.1. The Balaban J connectivity index is 1.49. The summed E-state index contributed by atoms with van der Waals surface area (Å²) in [7, 11) is 0. The molecule has 0 radical (unpaired) electrons. The van der Waals surface area contributed by atoms with Crippen LogP contribution in [-0.4, -0.2) is 47.2 Å². The second kappa shape index (κ2) is 6.24. The van der Waals surface area contributed by atoms with E-state index in [1.54, 1.807) is 0 Å². The Morgan fingerprint density at radius 3 is 2.40 bits per heavy atom. The predicted octanol–water partition coefficient (Wildman–Crippen LogP) is 3.14. The van der Waals surface area contributed by atoms with Crippen molar-refractivity contribution in [3.8, 4) is 0 Å². The third kappa shape index (κ3) is 2.86. The van der Waals surface area contributed by atoms with E-state index in [-0.39, 0.29) is 5.91 Å². The van der Waals surface area contributed by atoms with Crippen LogP contribution in [0, 0.1) is 13.8 Å². The Hall–Kier alpha value is -2.82. The van der Waals surface area contributed by atoms with Crippen LogP contribution in [0.2, 0.25) is 0 Å². The van der Waals surface area contributed by atoms with Gasteiger partial charge in [-0.25, -0.2) is 0 Å². The minimum Gasteiger partial charge on any atom is -0.365 e. The first-order valence-corrected chi connectivity index (χ1v) is 8.68. The lowest BCUT2D eigenvalue weighted by atomic mass is 10.1. The van der Waals surface area contributed by atoms with Crippen molar-refractivity contribution in [3.05, 3.63) is 59.4 Å². The molecule has 0 aliphatic carbocycles. The summed E-state index contributed by atoms with van der Waals surface area (Å²) in [6.07, 6.45) is 0. The van der Waals surface area contributed by atoms with Crippen LogP contribution < -0.4 is 4.90 Å². The Bertz CT molecular complexity index is 903. The number of hydrogen-bond donors (Lipinski definition) is 1. The van der Waals surface area contributed by atoms with Crippen LogP contribution in [0.5, 0.6) is 0 Å². The number of anilines is 1. The van der Waals surface area contributed by atoms with Gasteiger partial charge in [0.1, 0.15) is 0 Å². The lowest BCUT2D eigenvalue weighted by Crippen LogP contribution is -2.49. The maximum absolute atomic E-state index is 12.9. The summed E-state index contributed by atoms with van der Waals surface area (Å²) in [5.74, 6) is 0.117. The number of nitrogens with zero attached hydrogens (tertiary/aromatic N) is 3. The zero-order valence-corrected chi connectivity index (χ0v) is 14.6. The highest BCUT2D eigenvalue weighted by Gasteiger charge is 2.24.